The molecular weight excluding hydrogens is 464 g/mol. The van der Waals surface area contributed by atoms with Crippen LogP contribution < -0.4 is 15.6 Å². The molecule has 1 amide bonds. The van der Waals surface area contributed by atoms with E-state index in [0.717, 1.165) is 11.1 Å². The number of carbonyl (C=O) groups is 1. The van der Waals surface area contributed by atoms with E-state index in [9.17, 15) is 18.0 Å². The second-order valence-electron chi connectivity index (χ2n) is 8.20. The molecule has 0 unspecified atom stereocenters. The summed E-state index contributed by atoms with van der Waals surface area (Å²) in [6, 6.07) is 19.8. The summed E-state index contributed by atoms with van der Waals surface area (Å²) >= 11 is 0. The van der Waals surface area contributed by atoms with E-state index in [1.807, 2.05) is 13.0 Å². The summed E-state index contributed by atoms with van der Waals surface area (Å²) in [5.74, 6) is 0.177. The van der Waals surface area contributed by atoms with Gasteiger partial charge in [-0.2, -0.15) is 0 Å². The largest absolute Gasteiger partial charge is 0.322 e. The fourth-order valence-electron chi connectivity index (χ4n) is 3.55. The highest BCUT2D eigenvalue weighted by Gasteiger charge is 2.17. The van der Waals surface area contributed by atoms with Gasteiger partial charge in [-0.05, 0) is 74.4 Å². The van der Waals surface area contributed by atoms with Crippen LogP contribution in [0.25, 0.3) is 11.3 Å². The number of aromatic amines is 1. The molecule has 0 saturated heterocycles. The Morgan fingerprint density at radius 1 is 0.857 bits per heavy atom. The van der Waals surface area contributed by atoms with Crippen molar-refractivity contribution in [1.82, 2.24) is 9.97 Å². The lowest BCUT2D eigenvalue weighted by atomic mass is 10.1. The fourth-order valence-corrected chi connectivity index (χ4v) is 4.94. The van der Waals surface area contributed by atoms with Gasteiger partial charge in [-0.1, -0.05) is 24.3 Å². The van der Waals surface area contributed by atoms with Gasteiger partial charge in [0.2, 0.25) is 0 Å². The Hall–Kier alpha value is -4.24. The first-order chi connectivity index (χ1) is 16.6. The average molecular weight is 489 g/mol. The Balaban J connectivity index is 1.44. The van der Waals surface area contributed by atoms with Gasteiger partial charge in [0.15, 0.2) is 0 Å². The summed E-state index contributed by atoms with van der Waals surface area (Å²) in [6.45, 7) is 5.28. The first kappa shape index (κ1) is 23.9. The lowest BCUT2D eigenvalue weighted by molar-refractivity contribution is 0.102. The van der Waals surface area contributed by atoms with Crippen LogP contribution in [0.5, 0.6) is 0 Å². The molecule has 0 bridgehead atoms. The van der Waals surface area contributed by atoms with Crippen LogP contribution in [0.2, 0.25) is 0 Å². The number of nitrogens with zero attached hydrogens (tertiary/aromatic N) is 1. The van der Waals surface area contributed by atoms with E-state index in [1.54, 1.807) is 74.5 Å². The van der Waals surface area contributed by atoms with Gasteiger partial charge in [-0.15, -0.1) is 0 Å². The van der Waals surface area contributed by atoms with Gasteiger partial charge >= 0.3 is 0 Å². The van der Waals surface area contributed by atoms with Crippen molar-refractivity contribution in [3.63, 3.8) is 0 Å². The number of hydrogen-bond acceptors (Lipinski definition) is 5. The van der Waals surface area contributed by atoms with Gasteiger partial charge in [0.05, 0.1) is 10.6 Å². The molecular formula is C26H24N4O4S. The van der Waals surface area contributed by atoms with Crippen molar-refractivity contribution in [2.45, 2.75) is 25.7 Å². The highest BCUT2D eigenvalue weighted by Crippen LogP contribution is 2.22. The van der Waals surface area contributed by atoms with Crippen LogP contribution in [0, 0.1) is 20.8 Å². The minimum Gasteiger partial charge on any atom is -0.322 e. The molecule has 1 heterocycles. The number of H-pyrrole nitrogens is 1. The maximum Gasteiger partial charge on any atom is 0.262 e. The summed E-state index contributed by atoms with van der Waals surface area (Å²) in [7, 11) is -3.76. The fraction of sp³-hybridized carbons (Fsp3) is 0.115. The Kier molecular flexibility index (Phi) is 6.52. The number of benzene rings is 3. The van der Waals surface area contributed by atoms with Crippen molar-refractivity contribution in [1.29, 1.82) is 0 Å². The van der Waals surface area contributed by atoms with Gasteiger partial charge in [-0.3, -0.25) is 14.3 Å². The van der Waals surface area contributed by atoms with Crippen molar-refractivity contribution in [2.75, 3.05) is 10.0 Å². The zero-order valence-electron chi connectivity index (χ0n) is 19.4. The number of carbonyl (C=O) groups excluding carboxylic acids is 1. The molecule has 4 aromatic rings. The highest BCUT2D eigenvalue weighted by molar-refractivity contribution is 7.92. The molecule has 178 valence electrons. The summed E-state index contributed by atoms with van der Waals surface area (Å²) in [5.41, 5.74) is 3.85. The molecule has 1 aromatic heterocycles. The van der Waals surface area contributed by atoms with Crippen LogP contribution in [-0.4, -0.2) is 24.3 Å². The topological polar surface area (TPSA) is 121 Å². The number of aryl methyl sites for hydroxylation is 3. The lowest BCUT2D eigenvalue weighted by Crippen LogP contribution is -2.15. The van der Waals surface area contributed by atoms with E-state index >= 15 is 0 Å². The molecule has 9 heteroatoms. The van der Waals surface area contributed by atoms with E-state index in [0.29, 0.717) is 34.0 Å². The zero-order valence-corrected chi connectivity index (χ0v) is 20.2. The molecule has 0 aliphatic carbocycles. The Morgan fingerprint density at radius 2 is 1.51 bits per heavy atom. The maximum absolute atomic E-state index is 12.8. The molecule has 3 aromatic carbocycles. The average Bonchev–Trinajstić information content (AvgIpc) is 2.80. The molecule has 0 aliphatic rings. The summed E-state index contributed by atoms with van der Waals surface area (Å²) in [4.78, 5) is 31.4. The monoisotopic (exact) mass is 488 g/mol. The molecule has 35 heavy (non-hydrogen) atoms. The maximum atomic E-state index is 12.8. The van der Waals surface area contributed by atoms with Gasteiger partial charge in [0.25, 0.3) is 21.5 Å². The van der Waals surface area contributed by atoms with Gasteiger partial charge in [0, 0.05) is 28.6 Å². The van der Waals surface area contributed by atoms with Crippen LogP contribution >= 0.6 is 0 Å². The number of anilines is 2. The third kappa shape index (κ3) is 5.64. The van der Waals surface area contributed by atoms with Crippen molar-refractivity contribution < 1.29 is 13.2 Å². The Morgan fingerprint density at radius 3 is 2.17 bits per heavy atom. The summed E-state index contributed by atoms with van der Waals surface area (Å²) in [6.07, 6.45) is 0. The molecule has 0 atom stereocenters. The number of amides is 1. The van der Waals surface area contributed by atoms with Crippen LogP contribution in [0.15, 0.2) is 82.5 Å². The van der Waals surface area contributed by atoms with Crippen LogP contribution in [0.3, 0.4) is 0 Å². The Bertz CT molecular complexity index is 1560. The second kappa shape index (κ2) is 9.55. The standard InChI is InChI=1S/C26H24N4O4S/c1-16-4-5-17(2)24(14-16)35(33,34)30-22-12-8-20(9-13-22)26(32)29-21-10-6-19(7-11-21)23-15-25(31)28-18(3)27-23/h4-15,30H,1-3H3,(H,29,32)(H,27,28,31). The first-order valence-electron chi connectivity index (χ1n) is 10.8. The van der Waals surface area contributed by atoms with Gasteiger partial charge in [0.1, 0.15) is 5.82 Å². The number of sulfonamides is 1. The van der Waals surface area contributed by atoms with Crippen LogP contribution in [0.1, 0.15) is 27.3 Å². The zero-order chi connectivity index (χ0) is 25.2. The van der Waals surface area contributed by atoms with Crippen molar-refractivity contribution in [2.24, 2.45) is 0 Å². The molecule has 0 fully saturated rings. The van der Waals surface area contributed by atoms with Gasteiger partial charge < -0.3 is 10.3 Å². The van der Waals surface area contributed by atoms with E-state index < -0.39 is 10.0 Å². The van der Waals surface area contributed by atoms with E-state index in [1.165, 1.54) is 6.07 Å². The molecule has 0 aliphatic heterocycles. The van der Waals surface area contributed by atoms with E-state index in [4.69, 9.17) is 0 Å². The van der Waals surface area contributed by atoms with Crippen molar-refractivity contribution in [3.8, 4) is 11.3 Å². The molecule has 0 spiro atoms. The smallest absolute Gasteiger partial charge is 0.262 e. The van der Waals surface area contributed by atoms with Crippen molar-refractivity contribution >= 4 is 27.3 Å². The molecule has 4 rings (SSSR count). The van der Waals surface area contributed by atoms with Gasteiger partial charge in [-0.25, -0.2) is 13.4 Å². The Labute approximate surface area is 203 Å². The predicted molar refractivity (Wildman–Crippen MR) is 136 cm³/mol. The number of aromatic nitrogens is 2. The van der Waals surface area contributed by atoms with Crippen molar-refractivity contribution in [3.05, 3.63) is 106 Å². The number of hydrogen-bond donors (Lipinski definition) is 3. The molecule has 0 radical (unpaired) electrons. The molecule has 3 N–H and O–H groups in total. The lowest BCUT2D eigenvalue weighted by Gasteiger charge is -2.12. The normalized spacial score (nSPS) is 11.2. The van der Waals surface area contributed by atoms with E-state index in [-0.39, 0.29) is 16.4 Å². The van der Waals surface area contributed by atoms with Crippen LogP contribution in [0.4, 0.5) is 11.4 Å². The quantitative estimate of drug-likeness (QED) is 0.371. The predicted octanol–water partition coefficient (Wildman–Crippen LogP) is 4.42. The SMILES string of the molecule is Cc1ccc(C)c(S(=O)(=O)Nc2ccc(C(=O)Nc3ccc(-c4cc(=O)[nH]c(C)n4)cc3)cc2)c1. The molecule has 8 nitrogen and oxygen atoms in total. The minimum atomic E-state index is -3.76. The van der Waals surface area contributed by atoms with Crippen LogP contribution in [-0.2, 0) is 10.0 Å². The summed E-state index contributed by atoms with van der Waals surface area (Å²) in [5, 5.41) is 2.80. The third-order valence-corrected chi connectivity index (χ3v) is 6.85. The van der Waals surface area contributed by atoms with E-state index in [2.05, 4.69) is 20.0 Å². The number of rotatable bonds is 6. The third-order valence-electron chi connectivity index (χ3n) is 5.33. The molecule has 0 saturated carbocycles. The summed E-state index contributed by atoms with van der Waals surface area (Å²) < 4.78 is 28.1. The second-order valence-corrected chi connectivity index (χ2v) is 9.85. The number of nitrogens with one attached hydrogen (secondary N) is 3. The highest BCUT2D eigenvalue weighted by atomic mass is 32.2. The first-order valence-corrected chi connectivity index (χ1v) is 12.3. The minimum absolute atomic E-state index is 0.216.